The molecule has 2 rings (SSSR count). The molecule has 0 fully saturated rings. The van der Waals surface area contributed by atoms with Gasteiger partial charge in [0.1, 0.15) is 5.75 Å². The first-order valence-electron chi connectivity index (χ1n) is 10.3. The molecule has 0 aromatic heterocycles. The lowest BCUT2D eigenvalue weighted by Gasteiger charge is -2.09. The normalized spacial score (nSPS) is 11.5. The number of aromatic hydroxyl groups is 1. The first-order chi connectivity index (χ1) is 13.7. The van der Waals surface area contributed by atoms with Gasteiger partial charge in [-0.15, -0.1) is 0 Å². The monoisotopic (exact) mass is 381 g/mol. The lowest BCUT2D eigenvalue weighted by atomic mass is 10.0. The van der Waals surface area contributed by atoms with Gasteiger partial charge in [0, 0.05) is 24.1 Å². The summed E-state index contributed by atoms with van der Waals surface area (Å²) >= 11 is 0. The Morgan fingerprint density at radius 3 is 1.96 bits per heavy atom. The Balaban J connectivity index is 1.75. The van der Waals surface area contributed by atoms with Gasteiger partial charge in [0.15, 0.2) is 0 Å². The third-order valence-corrected chi connectivity index (χ3v) is 4.78. The van der Waals surface area contributed by atoms with Crippen LogP contribution in [0.2, 0.25) is 0 Å². The molecule has 0 aliphatic heterocycles. The molecule has 0 saturated heterocycles. The Hall–Kier alpha value is -2.62. The van der Waals surface area contributed by atoms with Gasteiger partial charge < -0.3 is 10.2 Å². The van der Waals surface area contributed by atoms with Crippen molar-refractivity contribution in [2.75, 3.05) is 6.54 Å². The molecule has 28 heavy (non-hydrogen) atoms. The van der Waals surface area contributed by atoms with Gasteiger partial charge in [-0.1, -0.05) is 81.0 Å². The zero-order chi connectivity index (χ0) is 20.0. The summed E-state index contributed by atoms with van der Waals surface area (Å²) < 4.78 is 0. The van der Waals surface area contributed by atoms with Crippen molar-refractivity contribution in [2.45, 2.75) is 57.8 Å². The summed E-state index contributed by atoms with van der Waals surface area (Å²) in [6.07, 6.45) is 8.94. The molecular weight excluding hydrogens is 350 g/mol. The van der Waals surface area contributed by atoms with Crippen molar-refractivity contribution in [3.05, 3.63) is 65.7 Å². The number of benzene rings is 2. The Morgan fingerprint density at radius 2 is 1.32 bits per heavy atom. The first kappa shape index (κ1) is 21.7. The van der Waals surface area contributed by atoms with Gasteiger partial charge in [-0.25, -0.2) is 0 Å². The fraction of sp³-hybridized carbons (Fsp3) is 0.417. The number of carboxylic acid groups (broad SMARTS) is 1. The molecule has 0 atom stereocenters. The van der Waals surface area contributed by atoms with E-state index in [0.29, 0.717) is 6.42 Å². The maximum atomic E-state index is 10.5. The van der Waals surface area contributed by atoms with Crippen molar-refractivity contribution in [3.63, 3.8) is 0 Å². The number of nitrogens with zero attached hydrogens (tertiary/aromatic N) is 1. The van der Waals surface area contributed by atoms with E-state index in [-0.39, 0.29) is 5.75 Å². The molecule has 0 radical (unpaired) electrons. The molecule has 0 spiro atoms. The highest BCUT2D eigenvalue weighted by Gasteiger charge is 2.10. The molecule has 0 unspecified atom stereocenters. The van der Waals surface area contributed by atoms with E-state index in [1.807, 2.05) is 48.5 Å². The molecule has 0 amide bonds. The molecule has 2 aromatic carbocycles. The molecule has 2 N–H and O–H groups in total. The third-order valence-electron chi connectivity index (χ3n) is 4.78. The van der Waals surface area contributed by atoms with E-state index in [9.17, 15) is 9.90 Å². The molecule has 4 heteroatoms. The average Bonchev–Trinajstić information content (AvgIpc) is 2.70. The van der Waals surface area contributed by atoms with Crippen LogP contribution in [0.4, 0.5) is 0 Å². The van der Waals surface area contributed by atoms with Gasteiger partial charge in [-0.05, 0) is 25.0 Å². The molecule has 2 aromatic rings. The third kappa shape index (κ3) is 7.95. The number of hydrogen-bond acceptors (Lipinski definition) is 3. The Kier molecular flexibility index (Phi) is 9.84. The largest absolute Gasteiger partial charge is 0.507 e. The van der Waals surface area contributed by atoms with Crippen LogP contribution in [0.25, 0.3) is 0 Å². The van der Waals surface area contributed by atoms with Crippen LogP contribution in [-0.4, -0.2) is 28.4 Å². The van der Waals surface area contributed by atoms with Crippen LogP contribution in [-0.2, 0) is 4.79 Å². The van der Waals surface area contributed by atoms with Crippen LogP contribution in [0.3, 0.4) is 0 Å². The molecule has 0 heterocycles. The maximum absolute atomic E-state index is 10.5. The number of phenols is 1. The van der Waals surface area contributed by atoms with Gasteiger partial charge in [0.2, 0.25) is 0 Å². The maximum Gasteiger partial charge on any atom is 0.303 e. The van der Waals surface area contributed by atoms with Crippen LogP contribution in [0.1, 0.15) is 68.9 Å². The van der Waals surface area contributed by atoms with Crippen molar-refractivity contribution in [3.8, 4) is 5.75 Å². The predicted octanol–water partition coefficient (Wildman–Crippen LogP) is 5.83. The van der Waals surface area contributed by atoms with E-state index >= 15 is 0 Å². The number of para-hydroxylation sites is 1. The summed E-state index contributed by atoms with van der Waals surface area (Å²) in [6, 6.07) is 17.4. The number of aliphatic imine (C=N–C) groups is 1. The lowest BCUT2D eigenvalue weighted by molar-refractivity contribution is -0.137. The smallest absolute Gasteiger partial charge is 0.303 e. The highest BCUT2D eigenvalue weighted by molar-refractivity contribution is 6.14. The minimum absolute atomic E-state index is 0.257. The van der Waals surface area contributed by atoms with Gasteiger partial charge in [0.05, 0.1) is 5.71 Å². The fourth-order valence-electron chi connectivity index (χ4n) is 3.24. The average molecular weight is 382 g/mol. The van der Waals surface area contributed by atoms with Crippen molar-refractivity contribution >= 4 is 11.7 Å². The molecule has 150 valence electrons. The van der Waals surface area contributed by atoms with Crippen LogP contribution < -0.4 is 0 Å². The fourth-order valence-corrected chi connectivity index (χ4v) is 3.24. The van der Waals surface area contributed by atoms with Crippen LogP contribution >= 0.6 is 0 Å². The molecule has 0 aliphatic carbocycles. The molecule has 0 aliphatic rings. The Morgan fingerprint density at radius 1 is 0.750 bits per heavy atom. The Labute approximate surface area is 168 Å². The van der Waals surface area contributed by atoms with Gasteiger partial charge >= 0.3 is 5.97 Å². The number of phenolic OH excluding ortho intramolecular Hbond substituents is 1. The van der Waals surface area contributed by atoms with E-state index in [1.165, 1.54) is 19.3 Å². The van der Waals surface area contributed by atoms with E-state index in [1.54, 1.807) is 6.07 Å². The second-order valence-electron chi connectivity index (χ2n) is 7.09. The highest BCUT2D eigenvalue weighted by atomic mass is 16.4. The summed E-state index contributed by atoms with van der Waals surface area (Å²) in [5, 5.41) is 18.8. The number of carbonyl (C=O) groups is 1. The highest BCUT2D eigenvalue weighted by Crippen LogP contribution is 2.21. The van der Waals surface area contributed by atoms with Gasteiger partial charge in [-0.3, -0.25) is 9.79 Å². The van der Waals surface area contributed by atoms with Crippen molar-refractivity contribution in [2.24, 2.45) is 4.99 Å². The molecular formula is C24H31NO3. The van der Waals surface area contributed by atoms with Crippen LogP contribution in [0.15, 0.2) is 59.6 Å². The van der Waals surface area contributed by atoms with Crippen molar-refractivity contribution in [1.29, 1.82) is 0 Å². The molecule has 0 saturated carbocycles. The zero-order valence-corrected chi connectivity index (χ0v) is 16.5. The topological polar surface area (TPSA) is 69.9 Å². The second-order valence-corrected chi connectivity index (χ2v) is 7.09. The van der Waals surface area contributed by atoms with Crippen molar-refractivity contribution in [1.82, 2.24) is 0 Å². The van der Waals surface area contributed by atoms with Crippen LogP contribution in [0, 0.1) is 0 Å². The molecule has 0 bridgehead atoms. The summed E-state index contributed by atoms with van der Waals surface area (Å²) in [6.45, 7) is 0.747. The van der Waals surface area contributed by atoms with Gasteiger partial charge in [0.25, 0.3) is 0 Å². The summed E-state index contributed by atoms with van der Waals surface area (Å²) in [5.74, 6) is -0.438. The standard InChI is InChI=1S/C24H31NO3/c26-22-17-12-11-16-21(22)24(20-14-8-7-9-15-20)25-19-13-6-4-2-1-3-5-10-18-23(27)28/h7-9,11-12,14-17,26H,1-6,10,13,18-19H2,(H,27,28). The van der Waals surface area contributed by atoms with Crippen molar-refractivity contribution < 1.29 is 15.0 Å². The Bertz CT molecular complexity index is 741. The minimum Gasteiger partial charge on any atom is -0.507 e. The number of unbranched alkanes of at least 4 members (excludes halogenated alkanes) is 7. The zero-order valence-electron chi connectivity index (χ0n) is 16.5. The van der Waals surface area contributed by atoms with Crippen LogP contribution in [0.5, 0.6) is 5.75 Å². The lowest BCUT2D eigenvalue weighted by Crippen LogP contribution is -2.05. The van der Waals surface area contributed by atoms with E-state index in [0.717, 1.165) is 55.5 Å². The summed E-state index contributed by atoms with van der Waals surface area (Å²) in [4.78, 5) is 15.3. The van der Waals surface area contributed by atoms with Gasteiger partial charge in [-0.2, -0.15) is 0 Å². The van der Waals surface area contributed by atoms with E-state index in [4.69, 9.17) is 10.1 Å². The van der Waals surface area contributed by atoms with E-state index < -0.39 is 5.97 Å². The predicted molar refractivity (Wildman–Crippen MR) is 114 cm³/mol. The first-order valence-corrected chi connectivity index (χ1v) is 10.3. The number of hydrogen-bond donors (Lipinski definition) is 2. The SMILES string of the molecule is O=C(O)CCCCCCCCCCN=C(c1ccccc1)c1ccccc1O. The number of rotatable bonds is 13. The molecule has 4 nitrogen and oxygen atoms in total. The van der Waals surface area contributed by atoms with E-state index in [2.05, 4.69) is 0 Å². The number of aliphatic carboxylic acids is 1. The second kappa shape index (κ2) is 12.7. The number of carboxylic acids is 1. The minimum atomic E-state index is -0.695. The summed E-state index contributed by atoms with van der Waals surface area (Å²) in [5.41, 5.74) is 2.64. The quantitative estimate of drug-likeness (QED) is 0.339. The summed E-state index contributed by atoms with van der Waals surface area (Å²) in [7, 11) is 0.